The number of thiophene rings is 2. The minimum absolute atomic E-state index is 0.0854. The van der Waals surface area contributed by atoms with Crippen molar-refractivity contribution in [2.75, 3.05) is 13.2 Å². The molecule has 0 saturated heterocycles. The summed E-state index contributed by atoms with van der Waals surface area (Å²) in [7, 11) is 0. The van der Waals surface area contributed by atoms with Gasteiger partial charge in [0.1, 0.15) is 0 Å². The van der Waals surface area contributed by atoms with Crippen LogP contribution in [0.5, 0.6) is 0 Å². The molecular weight excluding hydrogens is 415 g/mol. The van der Waals surface area contributed by atoms with Crippen molar-refractivity contribution in [2.24, 2.45) is 0 Å². The first-order chi connectivity index (χ1) is 10.2. The Balaban J connectivity index is 2.29. The lowest BCUT2D eigenvalue weighted by molar-refractivity contribution is 0.299. The largest absolute Gasteiger partial charge is 0.396 e. The van der Waals surface area contributed by atoms with E-state index >= 15 is 0 Å². The van der Waals surface area contributed by atoms with E-state index in [1.165, 1.54) is 11.3 Å². The lowest BCUT2D eigenvalue weighted by Crippen LogP contribution is -1.90. The van der Waals surface area contributed by atoms with Crippen LogP contribution in [0.2, 0.25) is 0 Å². The molecule has 2 N–H and O–H groups in total. The zero-order valence-electron chi connectivity index (χ0n) is 11.1. The fourth-order valence-electron chi connectivity index (χ4n) is 1.84. The van der Waals surface area contributed by atoms with Gasteiger partial charge in [0.25, 0.3) is 0 Å². The highest BCUT2D eigenvalue weighted by Crippen LogP contribution is 2.25. The van der Waals surface area contributed by atoms with Gasteiger partial charge in [-0.3, -0.25) is 0 Å². The third kappa shape index (κ3) is 4.32. The lowest BCUT2D eigenvalue weighted by atomic mass is 10.2. The van der Waals surface area contributed by atoms with Crippen molar-refractivity contribution in [2.45, 2.75) is 12.8 Å². The topological polar surface area (TPSA) is 40.5 Å². The van der Waals surface area contributed by atoms with Gasteiger partial charge in [0.05, 0.1) is 17.5 Å². The molecule has 21 heavy (non-hydrogen) atoms. The molecule has 2 aromatic rings. The number of halogens is 1. The van der Waals surface area contributed by atoms with E-state index in [1.54, 1.807) is 11.3 Å². The average molecular weight is 428 g/mol. The Hall–Kier alpha value is -0.830. The van der Waals surface area contributed by atoms with E-state index in [-0.39, 0.29) is 13.2 Å². The molecule has 0 radical (unpaired) electrons. The second-order valence-electron chi connectivity index (χ2n) is 4.21. The number of aliphatic hydroxyl groups excluding tert-OH is 2. The summed E-state index contributed by atoms with van der Waals surface area (Å²) in [4.78, 5) is 2.74. The Morgan fingerprint density at radius 1 is 1.00 bits per heavy atom. The molecule has 0 bridgehead atoms. The molecule has 108 valence electrons. The van der Waals surface area contributed by atoms with Crippen LogP contribution in [-0.2, 0) is 12.8 Å². The molecule has 2 rings (SSSR count). The van der Waals surface area contributed by atoms with Crippen LogP contribution < -0.4 is 0 Å². The van der Waals surface area contributed by atoms with Gasteiger partial charge in [-0.2, -0.15) is 0 Å². The molecule has 0 spiro atoms. The van der Waals surface area contributed by atoms with Gasteiger partial charge in [0.2, 0.25) is 0 Å². The first kappa shape index (κ1) is 16.5. The number of terminal acetylenes is 1. The fourth-order valence-corrected chi connectivity index (χ4v) is 4.55. The third-order valence-corrected chi connectivity index (χ3v) is 5.66. The summed E-state index contributed by atoms with van der Waals surface area (Å²) in [6.45, 7) is 0.213. The maximum Gasteiger partial charge on any atom is 0.0816 e. The number of aliphatic hydroxyl groups is 2. The first-order valence-corrected chi connectivity index (χ1v) is 9.00. The van der Waals surface area contributed by atoms with Gasteiger partial charge < -0.3 is 10.2 Å². The summed E-state index contributed by atoms with van der Waals surface area (Å²) in [5.74, 6) is 8.96. The maximum atomic E-state index is 9.08. The van der Waals surface area contributed by atoms with Crippen molar-refractivity contribution in [3.8, 4) is 24.2 Å². The summed E-state index contributed by atoms with van der Waals surface area (Å²) in [6.07, 6.45) is 6.66. The van der Waals surface area contributed by atoms with Crippen LogP contribution in [0.15, 0.2) is 12.1 Å². The Bertz CT molecular complexity index is 726. The molecule has 0 fully saturated rings. The van der Waals surface area contributed by atoms with E-state index in [2.05, 4.69) is 46.4 Å². The summed E-state index contributed by atoms with van der Waals surface area (Å²) < 4.78 is 1.16. The summed E-state index contributed by atoms with van der Waals surface area (Å²) in [5, 5.41) is 18.1. The Morgan fingerprint density at radius 2 is 1.67 bits per heavy atom. The predicted octanol–water partition coefficient (Wildman–Crippen LogP) is 2.86. The van der Waals surface area contributed by atoms with Crippen LogP contribution in [0.25, 0.3) is 0 Å². The highest BCUT2D eigenvalue weighted by Gasteiger charge is 2.07. The minimum atomic E-state index is 0.0854. The molecule has 0 aromatic carbocycles. The van der Waals surface area contributed by atoms with E-state index in [4.69, 9.17) is 16.6 Å². The summed E-state index contributed by atoms with van der Waals surface area (Å²) >= 11 is 5.37. The predicted molar refractivity (Wildman–Crippen MR) is 96.8 cm³/mol. The van der Waals surface area contributed by atoms with E-state index in [0.717, 1.165) is 28.6 Å². The van der Waals surface area contributed by atoms with Crippen molar-refractivity contribution in [3.05, 3.63) is 40.8 Å². The molecule has 0 aliphatic carbocycles. The van der Waals surface area contributed by atoms with E-state index < -0.39 is 0 Å². The molecule has 2 nitrogen and oxygen atoms in total. The number of hydrogen-bond donors (Lipinski definition) is 2. The van der Waals surface area contributed by atoms with Crippen LogP contribution in [0.4, 0.5) is 0 Å². The van der Waals surface area contributed by atoms with Gasteiger partial charge in [-0.1, -0.05) is 5.92 Å². The molecule has 5 heteroatoms. The molecule has 0 unspecified atom stereocenters. The highest BCUT2D eigenvalue weighted by atomic mass is 127. The number of hydrogen-bond acceptors (Lipinski definition) is 4. The third-order valence-electron chi connectivity index (χ3n) is 2.78. The van der Waals surface area contributed by atoms with E-state index in [1.807, 2.05) is 6.07 Å². The smallest absolute Gasteiger partial charge is 0.0816 e. The van der Waals surface area contributed by atoms with Crippen LogP contribution in [0.1, 0.15) is 25.8 Å². The Kier molecular flexibility index (Phi) is 6.28. The van der Waals surface area contributed by atoms with Crippen molar-refractivity contribution >= 4 is 45.3 Å². The lowest BCUT2D eigenvalue weighted by Gasteiger charge is -1.92. The first-order valence-electron chi connectivity index (χ1n) is 6.29. The second-order valence-corrected chi connectivity index (χ2v) is 8.21. The monoisotopic (exact) mass is 428 g/mol. The minimum Gasteiger partial charge on any atom is -0.396 e. The molecule has 2 aromatic heterocycles. The van der Waals surface area contributed by atoms with Gasteiger partial charge in [-0.25, -0.2) is 0 Å². The molecular formula is C16H13IO2S2. The van der Waals surface area contributed by atoms with Gasteiger partial charge in [-0.05, 0) is 70.5 Å². The van der Waals surface area contributed by atoms with Gasteiger partial charge in [-0.15, -0.1) is 29.1 Å². The van der Waals surface area contributed by atoms with Gasteiger partial charge >= 0.3 is 0 Å². The van der Waals surface area contributed by atoms with Gasteiger partial charge in [0, 0.05) is 13.2 Å². The van der Waals surface area contributed by atoms with Crippen LogP contribution in [0, 0.1) is 27.1 Å². The van der Waals surface area contributed by atoms with E-state index in [9.17, 15) is 0 Å². The Labute approximate surface area is 146 Å². The molecule has 0 atom stereocenters. The quantitative estimate of drug-likeness (QED) is 0.581. The van der Waals surface area contributed by atoms with Gasteiger partial charge in [0.15, 0.2) is 0 Å². The van der Waals surface area contributed by atoms with Crippen LogP contribution in [0.3, 0.4) is 0 Å². The summed E-state index contributed by atoms with van der Waals surface area (Å²) in [6, 6.07) is 4.01. The zero-order chi connectivity index (χ0) is 15.2. The van der Waals surface area contributed by atoms with Crippen molar-refractivity contribution in [3.63, 3.8) is 0 Å². The Morgan fingerprint density at radius 3 is 2.29 bits per heavy atom. The molecule has 0 aliphatic rings. The molecule has 2 heterocycles. The van der Waals surface area contributed by atoms with Crippen LogP contribution in [-0.4, -0.2) is 23.4 Å². The standard InChI is InChI=1S/C16H13IO2S2/c1-2-14-11(5-7-18)9-13(20-14)3-4-15-12(6-8-19)10-16(17)21-15/h1,9-10,18-19H,5-8H2. The molecule has 0 amide bonds. The maximum absolute atomic E-state index is 9.08. The highest BCUT2D eigenvalue weighted by molar-refractivity contribution is 14.1. The number of rotatable bonds is 4. The normalized spacial score (nSPS) is 10.0. The van der Waals surface area contributed by atoms with E-state index in [0.29, 0.717) is 12.8 Å². The van der Waals surface area contributed by atoms with Crippen molar-refractivity contribution < 1.29 is 10.2 Å². The molecule has 0 aliphatic heterocycles. The van der Waals surface area contributed by atoms with Crippen LogP contribution >= 0.6 is 45.3 Å². The molecule has 0 saturated carbocycles. The SMILES string of the molecule is C#Cc1sc(C#Cc2sc(I)cc2CCO)cc1CCO. The average Bonchev–Trinajstić information content (AvgIpc) is 3.01. The second kappa shape index (κ2) is 7.98. The fraction of sp³-hybridized carbons (Fsp3) is 0.250. The van der Waals surface area contributed by atoms with Crippen molar-refractivity contribution in [1.82, 2.24) is 0 Å². The van der Waals surface area contributed by atoms with Crippen molar-refractivity contribution in [1.29, 1.82) is 0 Å². The summed E-state index contributed by atoms with van der Waals surface area (Å²) in [5.41, 5.74) is 2.06. The zero-order valence-corrected chi connectivity index (χ0v) is 14.9.